The summed E-state index contributed by atoms with van der Waals surface area (Å²) in [5.74, 6) is 0.596. The molecule has 2 unspecified atom stereocenters. The minimum atomic E-state index is 0.0848. The van der Waals surface area contributed by atoms with Crippen molar-refractivity contribution in [1.29, 1.82) is 0 Å². The summed E-state index contributed by atoms with van der Waals surface area (Å²) in [4.78, 5) is 13.7. The molecule has 2 N–H and O–H groups in total. The fraction of sp³-hybridized carbons (Fsp3) is 0.533. The summed E-state index contributed by atoms with van der Waals surface area (Å²) in [7, 11) is 0. The number of anilines is 1. The van der Waals surface area contributed by atoms with E-state index in [0.717, 1.165) is 30.9 Å². The molecule has 2 atom stereocenters. The Morgan fingerprint density at radius 3 is 2.95 bits per heavy atom. The zero-order valence-electron chi connectivity index (χ0n) is 11.6. The van der Waals surface area contributed by atoms with Gasteiger partial charge in [-0.1, -0.05) is 19.1 Å². The highest BCUT2D eigenvalue weighted by Crippen LogP contribution is 2.20. The van der Waals surface area contributed by atoms with Crippen LogP contribution >= 0.6 is 0 Å². The first-order valence-corrected chi connectivity index (χ1v) is 6.80. The number of carbonyl (C=O) groups excluding carboxylic acids is 1. The van der Waals surface area contributed by atoms with E-state index in [2.05, 4.69) is 17.1 Å². The molecule has 104 valence electrons. The molecule has 0 spiro atoms. The van der Waals surface area contributed by atoms with E-state index in [4.69, 9.17) is 0 Å². The van der Waals surface area contributed by atoms with Crippen LogP contribution in [0.15, 0.2) is 24.3 Å². The van der Waals surface area contributed by atoms with Crippen LogP contribution in [0.5, 0.6) is 0 Å². The van der Waals surface area contributed by atoms with Crippen molar-refractivity contribution in [3.8, 4) is 0 Å². The molecule has 4 heteroatoms. The molecular formula is C15H22N2O2. The number of hydrogen-bond acceptors (Lipinski definition) is 4. The van der Waals surface area contributed by atoms with Crippen LogP contribution in [0.1, 0.15) is 24.2 Å². The topological polar surface area (TPSA) is 52.6 Å². The lowest BCUT2D eigenvalue weighted by molar-refractivity contribution is 0.101. The number of rotatable bonds is 3. The maximum Gasteiger partial charge on any atom is 0.159 e. The summed E-state index contributed by atoms with van der Waals surface area (Å²) in [6.07, 6.45) is 0. The van der Waals surface area contributed by atoms with Gasteiger partial charge in [0.05, 0.1) is 6.61 Å². The average molecular weight is 262 g/mol. The zero-order chi connectivity index (χ0) is 13.8. The number of benzene rings is 1. The molecule has 0 aliphatic carbocycles. The zero-order valence-corrected chi connectivity index (χ0v) is 11.6. The molecule has 1 aliphatic rings. The van der Waals surface area contributed by atoms with E-state index in [0.29, 0.717) is 5.92 Å². The molecule has 0 amide bonds. The number of Topliss-reactive ketones (excluding diaryl/α,β-unsaturated/α-hetero) is 1. The first-order valence-electron chi connectivity index (χ1n) is 6.80. The van der Waals surface area contributed by atoms with Crippen LogP contribution in [-0.2, 0) is 0 Å². The van der Waals surface area contributed by atoms with E-state index in [1.54, 1.807) is 6.92 Å². The van der Waals surface area contributed by atoms with Crippen molar-refractivity contribution in [2.24, 2.45) is 5.92 Å². The summed E-state index contributed by atoms with van der Waals surface area (Å²) in [6.45, 7) is 6.52. The maximum absolute atomic E-state index is 11.5. The Labute approximate surface area is 114 Å². The largest absolute Gasteiger partial charge is 0.395 e. The normalized spacial score (nSPS) is 24.1. The Bertz CT molecular complexity index is 448. The number of hydrogen-bond donors (Lipinski definition) is 2. The van der Waals surface area contributed by atoms with Crippen molar-refractivity contribution < 1.29 is 9.90 Å². The van der Waals surface area contributed by atoms with Crippen LogP contribution in [0.4, 0.5) is 5.69 Å². The van der Waals surface area contributed by atoms with Gasteiger partial charge < -0.3 is 15.3 Å². The highest BCUT2D eigenvalue weighted by atomic mass is 16.3. The third-order valence-corrected chi connectivity index (χ3v) is 3.57. The molecule has 1 saturated heterocycles. The molecule has 19 heavy (non-hydrogen) atoms. The molecule has 0 bridgehead atoms. The molecule has 0 saturated carbocycles. The van der Waals surface area contributed by atoms with Crippen molar-refractivity contribution >= 4 is 11.5 Å². The van der Waals surface area contributed by atoms with E-state index in [1.807, 2.05) is 24.3 Å². The summed E-state index contributed by atoms with van der Waals surface area (Å²) < 4.78 is 0. The maximum atomic E-state index is 11.5. The van der Waals surface area contributed by atoms with Gasteiger partial charge in [-0.2, -0.15) is 0 Å². The first kappa shape index (κ1) is 14.0. The van der Waals surface area contributed by atoms with Crippen LogP contribution in [0.25, 0.3) is 0 Å². The van der Waals surface area contributed by atoms with Gasteiger partial charge in [-0.25, -0.2) is 0 Å². The molecule has 1 heterocycles. The Hall–Kier alpha value is -1.39. The number of carbonyl (C=O) groups is 1. The lowest BCUT2D eigenvalue weighted by atomic mass is 10.1. The number of aliphatic hydroxyl groups excluding tert-OH is 1. The van der Waals surface area contributed by atoms with Crippen LogP contribution in [0.3, 0.4) is 0 Å². The molecule has 0 radical (unpaired) electrons. The predicted octanol–water partition coefficient (Wildman–Crippen LogP) is 1.30. The molecule has 1 aromatic carbocycles. The summed E-state index contributed by atoms with van der Waals surface area (Å²) in [5, 5.41) is 12.7. The molecule has 1 aliphatic heterocycles. The highest BCUT2D eigenvalue weighted by Gasteiger charge is 2.21. The molecule has 0 aromatic heterocycles. The number of aliphatic hydroxyl groups is 1. The van der Waals surface area contributed by atoms with Gasteiger partial charge in [0.1, 0.15) is 0 Å². The minimum Gasteiger partial charge on any atom is -0.395 e. The molecule has 1 aromatic rings. The number of nitrogens with zero attached hydrogens (tertiary/aromatic N) is 1. The second-order valence-corrected chi connectivity index (χ2v) is 5.40. The Morgan fingerprint density at radius 2 is 2.26 bits per heavy atom. The smallest absolute Gasteiger partial charge is 0.159 e. The second kappa shape index (κ2) is 6.17. The van der Waals surface area contributed by atoms with Crippen molar-refractivity contribution in [2.75, 3.05) is 31.1 Å². The van der Waals surface area contributed by atoms with Crippen molar-refractivity contribution in [3.05, 3.63) is 29.8 Å². The van der Waals surface area contributed by atoms with Gasteiger partial charge in [-0.15, -0.1) is 0 Å². The van der Waals surface area contributed by atoms with Gasteiger partial charge in [0.25, 0.3) is 0 Å². The van der Waals surface area contributed by atoms with E-state index >= 15 is 0 Å². The van der Waals surface area contributed by atoms with Crippen LogP contribution in [0.2, 0.25) is 0 Å². The van der Waals surface area contributed by atoms with E-state index in [-0.39, 0.29) is 18.4 Å². The number of ketones is 1. The summed E-state index contributed by atoms with van der Waals surface area (Å²) in [5.41, 5.74) is 1.80. The third-order valence-electron chi connectivity index (χ3n) is 3.57. The Balaban J connectivity index is 2.22. The number of nitrogens with one attached hydrogen (secondary N) is 1. The first-order chi connectivity index (χ1) is 9.10. The Kier molecular flexibility index (Phi) is 4.56. The van der Waals surface area contributed by atoms with Crippen molar-refractivity contribution in [1.82, 2.24) is 5.32 Å². The monoisotopic (exact) mass is 262 g/mol. The molecule has 4 nitrogen and oxygen atoms in total. The minimum absolute atomic E-state index is 0.0848. The molecule has 2 rings (SSSR count). The Morgan fingerprint density at radius 1 is 1.47 bits per heavy atom. The quantitative estimate of drug-likeness (QED) is 0.806. The molecular weight excluding hydrogens is 240 g/mol. The van der Waals surface area contributed by atoms with Gasteiger partial charge >= 0.3 is 0 Å². The van der Waals surface area contributed by atoms with Gasteiger partial charge in [0, 0.05) is 30.4 Å². The third kappa shape index (κ3) is 3.55. The SMILES string of the molecule is CC(=O)c1cccc(N2CC(C)CNC(CO)C2)c1. The van der Waals surface area contributed by atoms with Gasteiger partial charge in [-0.05, 0) is 31.5 Å². The van der Waals surface area contributed by atoms with Crippen LogP contribution < -0.4 is 10.2 Å². The predicted molar refractivity (Wildman–Crippen MR) is 76.7 cm³/mol. The highest BCUT2D eigenvalue weighted by molar-refractivity contribution is 5.94. The van der Waals surface area contributed by atoms with Crippen LogP contribution in [-0.4, -0.2) is 43.2 Å². The van der Waals surface area contributed by atoms with Crippen molar-refractivity contribution in [2.45, 2.75) is 19.9 Å². The summed E-state index contributed by atoms with van der Waals surface area (Å²) >= 11 is 0. The standard InChI is InChI=1S/C15H22N2O2/c1-11-7-16-14(10-18)9-17(8-11)15-5-3-4-13(6-15)12(2)19/h3-6,11,14,16,18H,7-10H2,1-2H3. The van der Waals surface area contributed by atoms with Crippen molar-refractivity contribution in [3.63, 3.8) is 0 Å². The van der Waals surface area contributed by atoms with Gasteiger partial charge in [0.15, 0.2) is 5.78 Å². The molecule has 1 fully saturated rings. The second-order valence-electron chi connectivity index (χ2n) is 5.40. The van der Waals surface area contributed by atoms with Gasteiger partial charge in [0.2, 0.25) is 0 Å². The lowest BCUT2D eigenvalue weighted by Gasteiger charge is -2.27. The average Bonchev–Trinajstić information content (AvgIpc) is 2.60. The lowest BCUT2D eigenvalue weighted by Crippen LogP contribution is -2.40. The van der Waals surface area contributed by atoms with E-state index in [9.17, 15) is 9.90 Å². The fourth-order valence-electron chi connectivity index (χ4n) is 2.47. The van der Waals surface area contributed by atoms with E-state index in [1.165, 1.54) is 0 Å². The fourth-order valence-corrected chi connectivity index (χ4v) is 2.47. The van der Waals surface area contributed by atoms with E-state index < -0.39 is 0 Å². The van der Waals surface area contributed by atoms with Crippen LogP contribution in [0, 0.1) is 5.92 Å². The van der Waals surface area contributed by atoms with Gasteiger partial charge in [-0.3, -0.25) is 4.79 Å². The summed E-state index contributed by atoms with van der Waals surface area (Å²) in [6, 6.07) is 7.82.